The number of methoxy groups -OCH3 is 1. The molecule has 0 saturated heterocycles. The van der Waals surface area contributed by atoms with Crippen LogP contribution in [0.5, 0.6) is 5.75 Å². The summed E-state index contributed by atoms with van der Waals surface area (Å²) in [4.78, 5) is 11.4. The van der Waals surface area contributed by atoms with Gasteiger partial charge in [0.2, 0.25) is 0 Å². The standard InChI is InChI=1S/C27H36NO6/c1-4-27(32)34-11-5-9-28(2)10-8-20-14-21(16-29)22(17-30)15-24(20)25(28)13-19-6-7-26(33-3)23(12-19)18-31/h4,6-7,12,14-15,25,29-31H,1,5,8-11,13,16-18H2,2-3H3/q+1/t25-,28+/m0/s1. The topological polar surface area (TPSA) is 96.2 Å². The summed E-state index contributed by atoms with van der Waals surface area (Å²) in [6.45, 7) is 5.15. The summed E-state index contributed by atoms with van der Waals surface area (Å²) in [6.07, 6.45) is 3.48. The number of quaternary nitrogens is 1. The molecular weight excluding hydrogens is 434 g/mol. The molecule has 0 spiro atoms. The smallest absolute Gasteiger partial charge is 0.330 e. The van der Waals surface area contributed by atoms with Gasteiger partial charge in [0, 0.05) is 36.5 Å². The number of rotatable bonds is 11. The Morgan fingerprint density at radius 1 is 1.12 bits per heavy atom. The lowest BCUT2D eigenvalue weighted by Crippen LogP contribution is -2.52. The third-order valence-corrected chi connectivity index (χ3v) is 6.97. The van der Waals surface area contributed by atoms with E-state index in [4.69, 9.17) is 9.47 Å². The van der Waals surface area contributed by atoms with E-state index in [0.29, 0.717) is 18.8 Å². The van der Waals surface area contributed by atoms with Gasteiger partial charge in [-0.1, -0.05) is 18.7 Å². The molecule has 7 nitrogen and oxygen atoms in total. The molecule has 0 aliphatic carbocycles. The molecule has 0 unspecified atom stereocenters. The first-order valence-corrected chi connectivity index (χ1v) is 11.7. The number of fused-ring (bicyclic) bond motifs is 1. The summed E-state index contributed by atoms with van der Waals surface area (Å²) in [5, 5.41) is 29.5. The zero-order valence-electron chi connectivity index (χ0n) is 20.1. The van der Waals surface area contributed by atoms with E-state index in [9.17, 15) is 20.1 Å². The number of esters is 1. The third kappa shape index (κ3) is 5.67. The highest BCUT2D eigenvalue weighted by molar-refractivity contribution is 5.81. The van der Waals surface area contributed by atoms with Gasteiger partial charge in [0.25, 0.3) is 0 Å². The van der Waals surface area contributed by atoms with Gasteiger partial charge < -0.3 is 29.3 Å². The summed E-state index contributed by atoms with van der Waals surface area (Å²) in [5.41, 5.74) is 5.69. The van der Waals surface area contributed by atoms with E-state index in [-0.39, 0.29) is 25.9 Å². The van der Waals surface area contributed by atoms with Crippen LogP contribution < -0.4 is 4.74 Å². The van der Waals surface area contributed by atoms with Gasteiger partial charge >= 0.3 is 5.97 Å². The molecule has 1 aliphatic heterocycles. The number of carbonyl (C=O) groups is 1. The van der Waals surface area contributed by atoms with Crippen LogP contribution in [0.1, 0.15) is 45.8 Å². The molecule has 34 heavy (non-hydrogen) atoms. The molecule has 7 heteroatoms. The van der Waals surface area contributed by atoms with Gasteiger partial charge in [0.15, 0.2) is 0 Å². The molecule has 1 heterocycles. The van der Waals surface area contributed by atoms with Crippen LogP contribution in [0.4, 0.5) is 0 Å². The average Bonchev–Trinajstić information content (AvgIpc) is 2.87. The van der Waals surface area contributed by atoms with Crippen LogP contribution in [0.2, 0.25) is 0 Å². The van der Waals surface area contributed by atoms with E-state index in [0.717, 1.165) is 52.7 Å². The normalized spacial score (nSPS) is 19.4. The maximum atomic E-state index is 11.4. The SMILES string of the molecule is C=CC(=O)OCCC[N@+]1(C)CCc2cc(CO)c(CO)cc2[C@@H]1Cc1ccc(OC)c(CO)c1. The largest absolute Gasteiger partial charge is 0.496 e. The minimum absolute atomic E-state index is 0.0943. The maximum absolute atomic E-state index is 11.4. The average molecular weight is 471 g/mol. The number of ether oxygens (including phenoxy) is 2. The van der Waals surface area contributed by atoms with Gasteiger partial charge in [-0.2, -0.15) is 0 Å². The highest BCUT2D eigenvalue weighted by atomic mass is 16.5. The van der Waals surface area contributed by atoms with Crippen molar-refractivity contribution in [3.05, 3.63) is 76.4 Å². The number of hydrogen-bond acceptors (Lipinski definition) is 6. The Morgan fingerprint density at radius 2 is 1.82 bits per heavy atom. The first-order chi connectivity index (χ1) is 16.4. The summed E-state index contributed by atoms with van der Waals surface area (Å²) in [6, 6.07) is 10.1. The van der Waals surface area contributed by atoms with Gasteiger partial charge in [0.1, 0.15) is 11.8 Å². The number of aliphatic hydroxyl groups excluding tert-OH is 3. The zero-order valence-corrected chi connectivity index (χ0v) is 20.1. The van der Waals surface area contributed by atoms with Crippen molar-refractivity contribution in [1.82, 2.24) is 0 Å². The predicted molar refractivity (Wildman–Crippen MR) is 129 cm³/mol. The number of hydrogen-bond donors (Lipinski definition) is 3. The monoisotopic (exact) mass is 470 g/mol. The molecule has 0 bridgehead atoms. The summed E-state index contributed by atoms with van der Waals surface area (Å²) < 4.78 is 11.3. The quantitative estimate of drug-likeness (QED) is 0.202. The second kappa shape index (κ2) is 11.6. The fourth-order valence-electron chi connectivity index (χ4n) is 5.01. The molecule has 0 fully saturated rings. The first kappa shape index (κ1) is 25.9. The molecule has 0 aromatic heterocycles. The van der Waals surface area contributed by atoms with Gasteiger partial charge in [-0.25, -0.2) is 4.79 Å². The van der Waals surface area contributed by atoms with E-state index >= 15 is 0 Å². The van der Waals surface area contributed by atoms with Crippen LogP contribution in [0.25, 0.3) is 0 Å². The van der Waals surface area contributed by atoms with Crippen molar-refractivity contribution in [2.24, 2.45) is 0 Å². The van der Waals surface area contributed by atoms with Crippen LogP contribution >= 0.6 is 0 Å². The zero-order chi connectivity index (χ0) is 24.7. The van der Waals surface area contributed by atoms with Gasteiger partial charge in [-0.15, -0.1) is 0 Å². The molecule has 2 aromatic carbocycles. The Hall–Kier alpha value is -2.71. The molecule has 0 amide bonds. The Bertz CT molecular complexity index is 1020. The molecule has 2 aromatic rings. The Kier molecular flexibility index (Phi) is 8.85. The van der Waals surface area contributed by atoms with Crippen molar-refractivity contribution in [3.63, 3.8) is 0 Å². The fourth-order valence-corrected chi connectivity index (χ4v) is 5.01. The molecule has 0 saturated carbocycles. The van der Waals surface area contributed by atoms with Crippen LogP contribution in [-0.2, 0) is 42.2 Å². The van der Waals surface area contributed by atoms with Gasteiger partial charge in [-0.3, -0.25) is 0 Å². The van der Waals surface area contributed by atoms with Crippen LogP contribution in [0, 0.1) is 0 Å². The lowest BCUT2D eigenvalue weighted by Gasteiger charge is -2.46. The van der Waals surface area contributed by atoms with E-state index in [1.807, 2.05) is 30.3 Å². The maximum Gasteiger partial charge on any atom is 0.330 e. The third-order valence-electron chi connectivity index (χ3n) is 6.97. The molecule has 2 atom stereocenters. The van der Waals surface area contributed by atoms with Crippen molar-refractivity contribution in [2.75, 3.05) is 33.9 Å². The van der Waals surface area contributed by atoms with E-state index in [2.05, 4.69) is 13.6 Å². The van der Waals surface area contributed by atoms with E-state index in [1.54, 1.807) is 7.11 Å². The molecule has 184 valence electrons. The summed E-state index contributed by atoms with van der Waals surface area (Å²) >= 11 is 0. The minimum atomic E-state index is -0.415. The Balaban J connectivity index is 1.96. The van der Waals surface area contributed by atoms with Gasteiger partial charge in [0.05, 0.1) is 53.7 Å². The lowest BCUT2D eigenvalue weighted by atomic mass is 9.84. The van der Waals surface area contributed by atoms with Crippen molar-refractivity contribution < 1.29 is 34.1 Å². The van der Waals surface area contributed by atoms with Crippen LogP contribution in [0.15, 0.2) is 43.0 Å². The Labute approximate surface area is 201 Å². The number of likely N-dealkylation sites (N-methyl/N-ethyl adjacent to an activating group) is 1. The van der Waals surface area contributed by atoms with Crippen LogP contribution in [0.3, 0.4) is 0 Å². The molecule has 0 radical (unpaired) electrons. The van der Waals surface area contributed by atoms with Crippen molar-refractivity contribution in [3.8, 4) is 5.75 Å². The minimum Gasteiger partial charge on any atom is -0.496 e. The Morgan fingerprint density at radius 3 is 2.47 bits per heavy atom. The number of nitrogens with zero attached hydrogens (tertiary/aromatic N) is 1. The molecule has 3 rings (SSSR count). The molecular formula is C27H36NO6+. The second-order valence-electron chi connectivity index (χ2n) is 9.06. The van der Waals surface area contributed by atoms with E-state index < -0.39 is 5.97 Å². The number of carbonyl (C=O) groups excluding carboxylic acids is 1. The lowest BCUT2D eigenvalue weighted by molar-refractivity contribution is -0.941. The number of benzene rings is 2. The number of aliphatic hydroxyl groups is 3. The highest BCUT2D eigenvalue weighted by Gasteiger charge is 2.39. The fraction of sp³-hybridized carbons (Fsp3) is 0.444. The van der Waals surface area contributed by atoms with E-state index in [1.165, 1.54) is 17.2 Å². The summed E-state index contributed by atoms with van der Waals surface area (Å²) in [7, 11) is 3.81. The molecule has 1 aliphatic rings. The van der Waals surface area contributed by atoms with Gasteiger partial charge in [-0.05, 0) is 40.5 Å². The first-order valence-electron chi connectivity index (χ1n) is 11.7. The van der Waals surface area contributed by atoms with Crippen molar-refractivity contribution in [2.45, 2.75) is 45.1 Å². The van der Waals surface area contributed by atoms with Crippen molar-refractivity contribution in [1.29, 1.82) is 0 Å². The second-order valence-corrected chi connectivity index (χ2v) is 9.06. The predicted octanol–water partition coefficient (Wildman–Crippen LogP) is 2.58. The van der Waals surface area contributed by atoms with Crippen molar-refractivity contribution >= 4 is 5.97 Å². The summed E-state index contributed by atoms with van der Waals surface area (Å²) in [5.74, 6) is 0.244. The van der Waals surface area contributed by atoms with Crippen LogP contribution in [-0.4, -0.2) is 59.6 Å². The highest BCUT2D eigenvalue weighted by Crippen LogP contribution is 2.39. The molecule has 3 N–H and O–H groups in total.